The second-order valence-corrected chi connectivity index (χ2v) is 10.6. The van der Waals surface area contributed by atoms with E-state index in [0.717, 1.165) is 38.5 Å². The molecule has 0 N–H and O–H groups in total. The summed E-state index contributed by atoms with van der Waals surface area (Å²) in [6.45, 7) is 6.30. The third-order valence-electron chi connectivity index (χ3n) is 9.88. The van der Waals surface area contributed by atoms with E-state index >= 15 is 0 Å². The first-order valence-electron chi connectivity index (χ1n) is 10.7. The summed E-state index contributed by atoms with van der Waals surface area (Å²) in [5.74, 6) is 0.191. The summed E-state index contributed by atoms with van der Waals surface area (Å²) in [4.78, 5) is 25.3. The molecule has 2 saturated heterocycles. The SMILES string of the molecule is C[C@H](C(=O)[O-])[C@@H]1CC[C@H]2[C@H]3CC[C@@H]4C[C@H]5CC[C@]4(C)[C@@]3(O5)C(=O)C[C@]12C. The van der Waals surface area contributed by atoms with Gasteiger partial charge in [0.2, 0.25) is 0 Å². The summed E-state index contributed by atoms with van der Waals surface area (Å²) in [5, 5.41) is 11.6. The van der Waals surface area contributed by atoms with Crippen molar-refractivity contribution >= 4 is 11.8 Å². The molecule has 9 atom stereocenters. The predicted octanol–water partition coefficient (Wildman–Crippen LogP) is 2.73. The first kappa shape index (κ1) is 17.2. The maximum atomic E-state index is 13.8. The van der Waals surface area contributed by atoms with Gasteiger partial charge < -0.3 is 14.6 Å². The fourth-order valence-corrected chi connectivity index (χ4v) is 8.64. The van der Waals surface area contributed by atoms with Gasteiger partial charge in [-0.1, -0.05) is 20.8 Å². The van der Waals surface area contributed by atoms with Crippen LogP contribution >= 0.6 is 0 Å². The quantitative estimate of drug-likeness (QED) is 0.760. The Morgan fingerprint density at radius 2 is 1.88 bits per heavy atom. The fraction of sp³-hybridized carbons (Fsp3) is 0.909. The average Bonchev–Trinajstić information content (AvgIpc) is 2.90. The minimum Gasteiger partial charge on any atom is -0.550 e. The van der Waals surface area contributed by atoms with Crippen LogP contribution in [-0.2, 0) is 14.3 Å². The number of hydrogen-bond acceptors (Lipinski definition) is 4. The van der Waals surface area contributed by atoms with Crippen molar-refractivity contribution in [2.45, 2.75) is 83.8 Å². The zero-order valence-corrected chi connectivity index (χ0v) is 16.3. The fourth-order valence-electron chi connectivity index (χ4n) is 8.64. The summed E-state index contributed by atoms with van der Waals surface area (Å²) >= 11 is 0. The van der Waals surface area contributed by atoms with Crippen LogP contribution in [0.15, 0.2) is 0 Å². The Morgan fingerprint density at radius 1 is 1.15 bits per heavy atom. The van der Waals surface area contributed by atoms with Crippen molar-refractivity contribution in [3.05, 3.63) is 0 Å². The summed E-state index contributed by atoms with van der Waals surface area (Å²) in [5.41, 5.74) is -0.808. The third kappa shape index (κ3) is 1.76. The Labute approximate surface area is 156 Å². The molecule has 4 nitrogen and oxygen atoms in total. The van der Waals surface area contributed by atoms with Crippen LogP contribution in [0.4, 0.5) is 0 Å². The Balaban J connectivity index is 1.58. The highest BCUT2D eigenvalue weighted by Crippen LogP contribution is 2.72. The number of carboxylic acid groups (broad SMARTS) is 1. The van der Waals surface area contributed by atoms with Crippen molar-refractivity contribution < 1.29 is 19.4 Å². The second kappa shape index (κ2) is 5.12. The maximum Gasteiger partial charge on any atom is 0.166 e. The van der Waals surface area contributed by atoms with Gasteiger partial charge in [-0.25, -0.2) is 0 Å². The topological polar surface area (TPSA) is 66.4 Å². The number of aliphatic carboxylic acids is 1. The number of hydrogen-bond donors (Lipinski definition) is 0. The number of carbonyl (C=O) groups is 2. The molecule has 6 fully saturated rings. The number of fused-ring (bicyclic) bond motifs is 3. The molecule has 6 rings (SSSR count). The molecule has 0 aromatic carbocycles. The molecule has 0 aromatic rings. The number of ketones is 1. The molecule has 0 amide bonds. The van der Waals surface area contributed by atoms with Crippen molar-refractivity contribution in [1.29, 1.82) is 0 Å². The molecule has 4 bridgehead atoms. The van der Waals surface area contributed by atoms with E-state index in [4.69, 9.17) is 4.74 Å². The van der Waals surface area contributed by atoms with Crippen LogP contribution in [0, 0.1) is 40.4 Å². The van der Waals surface area contributed by atoms with Crippen LogP contribution in [0.1, 0.15) is 72.1 Å². The molecule has 0 radical (unpaired) electrons. The van der Waals surface area contributed by atoms with E-state index in [2.05, 4.69) is 13.8 Å². The third-order valence-corrected chi connectivity index (χ3v) is 9.88. The summed E-state index contributed by atoms with van der Waals surface area (Å²) in [7, 11) is 0. The van der Waals surface area contributed by atoms with Gasteiger partial charge >= 0.3 is 0 Å². The number of ether oxygens (including phenoxy) is 1. The molecule has 2 aliphatic heterocycles. The number of carboxylic acids is 1. The van der Waals surface area contributed by atoms with E-state index in [1.807, 2.05) is 0 Å². The Kier molecular flexibility index (Phi) is 3.39. The molecular weight excluding hydrogens is 328 g/mol. The van der Waals surface area contributed by atoms with Crippen LogP contribution in [0.3, 0.4) is 0 Å². The lowest BCUT2D eigenvalue weighted by Crippen LogP contribution is -2.75. The smallest absolute Gasteiger partial charge is 0.166 e. The molecule has 0 unspecified atom stereocenters. The lowest BCUT2D eigenvalue weighted by molar-refractivity contribution is -0.317. The first-order chi connectivity index (χ1) is 12.2. The lowest BCUT2D eigenvalue weighted by Gasteiger charge is -2.70. The number of rotatable bonds is 2. The van der Waals surface area contributed by atoms with E-state index in [1.165, 1.54) is 6.42 Å². The Bertz CT molecular complexity index is 673. The van der Waals surface area contributed by atoms with Gasteiger partial charge in [0.25, 0.3) is 0 Å². The average molecular weight is 359 g/mol. The highest BCUT2D eigenvalue weighted by molar-refractivity contribution is 5.91. The molecule has 4 heteroatoms. The summed E-state index contributed by atoms with van der Waals surface area (Å²) in [6, 6.07) is 0. The maximum absolute atomic E-state index is 13.8. The van der Waals surface area contributed by atoms with Crippen molar-refractivity contribution in [3.63, 3.8) is 0 Å². The van der Waals surface area contributed by atoms with Gasteiger partial charge in [0.1, 0.15) is 5.60 Å². The van der Waals surface area contributed by atoms with Gasteiger partial charge in [0, 0.05) is 17.8 Å². The summed E-state index contributed by atoms with van der Waals surface area (Å²) < 4.78 is 6.68. The van der Waals surface area contributed by atoms with Crippen molar-refractivity contribution in [1.82, 2.24) is 0 Å². The highest BCUT2D eigenvalue weighted by atomic mass is 16.5. The molecule has 26 heavy (non-hydrogen) atoms. The van der Waals surface area contributed by atoms with Crippen LogP contribution in [0.25, 0.3) is 0 Å². The molecule has 144 valence electrons. The van der Waals surface area contributed by atoms with Gasteiger partial charge in [0.15, 0.2) is 5.78 Å². The highest BCUT2D eigenvalue weighted by Gasteiger charge is 2.74. The number of carbonyl (C=O) groups excluding carboxylic acids is 2. The van der Waals surface area contributed by atoms with Gasteiger partial charge in [0.05, 0.1) is 6.10 Å². The molecular formula is C22H31O4-. The molecule has 4 aliphatic carbocycles. The van der Waals surface area contributed by atoms with Crippen molar-refractivity contribution in [2.75, 3.05) is 0 Å². The second-order valence-electron chi connectivity index (χ2n) is 10.6. The van der Waals surface area contributed by atoms with E-state index < -0.39 is 17.5 Å². The first-order valence-corrected chi connectivity index (χ1v) is 10.7. The van der Waals surface area contributed by atoms with Gasteiger partial charge in [-0.05, 0) is 80.0 Å². The van der Waals surface area contributed by atoms with Crippen molar-refractivity contribution in [3.8, 4) is 0 Å². The molecule has 2 heterocycles. The monoisotopic (exact) mass is 359 g/mol. The van der Waals surface area contributed by atoms with Gasteiger partial charge in [-0.15, -0.1) is 0 Å². The van der Waals surface area contributed by atoms with Crippen LogP contribution in [-0.4, -0.2) is 23.5 Å². The largest absolute Gasteiger partial charge is 0.550 e. The van der Waals surface area contributed by atoms with E-state index in [0.29, 0.717) is 18.3 Å². The van der Waals surface area contributed by atoms with Crippen LogP contribution in [0.5, 0.6) is 0 Å². The standard InChI is InChI=1S/C22H32O4/c1-12(19(24)25)15-6-7-16-17-5-4-13-10-14-8-9-21(13,3)22(17,26-14)18(23)11-20(15,16)2/h12-17H,4-11H2,1-3H3,(H,24,25)/p-1/t12-,13+,14+,15-,16-,17+,20+,21-,22-/m0/s1. The summed E-state index contributed by atoms with van der Waals surface area (Å²) in [6.07, 6.45) is 8.32. The molecule has 6 aliphatic rings. The minimum absolute atomic E-state index is 0.0128. The zero-order valence-electron chi connectivity index (χ0n) is 16.3. The molecule has 0 aromatic heterocycles. The number of Topliss-reactive ketones (excluding diaryl/α,β-unsaturated/α-hetero) is 1. The molecule has 4 saturated carbocycles. The normalized spacial score (nSPS) is 56.0. The van der Waals surface area contributed by atoms with Gasteiger partial charge in [-0.3, -0.25) is 4.79 Å². The zero-order chi connectivity index (χ0) is 18.5. The van der Waals surface area contributed by atoms with Gasteiger partial charge in [-0.2, -0.15) is 0 Å². The minimum atomic E-state index is -0.965. The van der Waals surface area contributed by atoms with Crippen LogP contribution < -0.4 is 5.11 Å². The predicted molar refractivity (Wildman–Crippen MR) is 93.9 cm³/mol. The Hall–Kier alpha value is -0.900. The lowest BCUT2D eigenvalue weighted by atomic mass is 9.40. The molecule has 1 spiro atoms. The van der Waals surface area contributed by atoms with E-state index in [1.54, 1.807) is 6.92 Å². The van der Waals surface area contributed by atoms with Crippen LogP contribution in [0.2, 0.25) is 0 Å². The van der Waals surface area contributed by atoms with E-state index in [-0.39, 0.29) is 34.6 Å². The van der Waals surface area contributed by atoms with Crippen molar-refractivity contribution in [2.24, 2.45) is 40.4 Å². The van der Waals surface area contributed by atoms with E-state index in [9.17, 15) is 14.7 Å². The Morgan fingerprint density at radius 3 is 2.62 bits per heavy atom.